The van der Waals surface area contributed by atoms with E-state index in [0.717, 1.165) is 0 Å². The predicted molar refractivity (Wildman–Crippen MR) is 86.2 cm³/mol. The third-order valence-electron chi connectivity index (χ3n) is 3.63. The molecular formula is C12H14N6O4S2. The third-order valence-corrected chi connectivity index (χ3v) is 6.04. The molecule has 0 aliphatic carbocycles. The van der Waals surface area contributed by atoms with E-state index in [1.54, 1.807) is 0 Å². The summed E-state index contributed by atoms with van der Waals surface area (Å²) in [6, 6.07) is -0.658. The van der Waals surface area contributed by atoms with Crippen molar-refractivity contribution in [2.75, 3.05) is 18.6 Å². The van der Waals surface area contributed by atoms with Crippen LogP contribution in [-0.4, -0.2) is 73.2 Å². The summed E-state index contributed by atoms with van der Waals surface area (Å²) in [5, 5.41) is 22.0. The molecule has 1 saturated heterocycles. The Kier molecular flexibility index (Phi) is 4.51. The smallest absolute Gasteiger partial charge is 0.352 e. The number of carboxylic acid groups (broad SMARTS) is 1. The fourth-order valence-corrected chi connectivity index (χ4v) is 4.79. The zero-order chi connectivity index (χ0) is 17.4. The lowest BCUT2D eigenvalue weighted by molar-refractivity contribution is -0.147. The summed E-state index contributed by atoms with van der Waals surface area (Å²) in [6.07, 6.45) is 0. The second kappa shape index (κ2) is 6.45. The first-order valence-corrected chi connectivity index (χ1v) is 8.90. The highest BCUT2D eigenvalue weighted by Gasteiger charge is 2.51. The van der Waals surface area contributed by atoms with Crippen molar-refractivity contribution >= 4 is 41.3 Å². The fraction of sp³-hybridized carbons (Fsp3) is 0.417. The normalized spacial score (nSPS) is 22.9. The van der Waals surface area contributed by atoms with E-state index in [9.17, 15) is 19.5 Å². The molecule has 0 saturated carbocycles. The number of hydrogen-bond donors (Lipinski definition) is 4. The Morgan fingerprint density at radius 2 is 2.29 bits per heavy atom. The van der Waals surface area contributed by atoms with Gasteiger partial charge in [0.25, 0.3) is 5.91 Å². The molecule has 128 valence electrons. The van der Waals surface area contributed by atoms with Crippen LogP contribution in [0.5, 0.6) is 0 Å². The van der Waals surface area contributed by atoms with Gasteiger partial charge in [0.15, 0.2) is 10.7 Å². The van der Waals surface area contributed by atoms with Crippen LogP contribution in [0.2, 0.25) is 0 Å². The standard InChI is InChI=1S/C12H14N6O4S2/c1-14-8(19)6-9(16-17-15-6)23-2-4-3-24-11-5(13)10(20)18(11)7(4)12(21)22/h5,11H,2-3,13H2,1H3,(H,14,19)(H,21,22)(H,15,16,17)/t5?,11-/m0/s1. The van der Waals surface area contributed by atoms with E-state index in [2.05, 4.69) is 20.7 Å². The maximum atomic E-state index is 11.9. The van der Waals surface area contributed by atoms with Crippen LogP contribution in [0, 0.1) is 0 Å². The van der Waals surface area contributed by atoms with Crippen molar-refractivity contribution < 1.29 is 19.5 Å². The van der Waals surface area contributed by atoms with Crippen LogP contribution in [0.1, 0.15) is 10.5 Å². The number of rotatable bonds is 5. The van der Waals surface area contributed by atoms with Crippen LogP contribution in [0.4, 0.5) is 0 Å². The van der Waals surface area contributed by atoms with Crippen LogP contribution in [0.15, 0.2) is 16.3 Å². The maximum Gasteiger partial charge on any atom is 0.352 e. The number of nitrogens with two attached hydrogens (primary N) is 1. The number of carbonyl (C=O) groups excluding carboxylic acids is 2. The zero-order valence-electron chi connectivity index (χ0n) is 12.5. The summed E-state index contributed by atoms with van der Waals surface area (Å²) >= 11 is 2.61. The molecule has 1 aromatic heterocycles. The second-order valence-corrected chi connectivity index (χ2v) is 7.11. The first-order chi connectivity index (χ1) is 11.5. The van der Waals surface area contributed by atoms with E-state index in [4.69, 9.17) is 5.73 Å². The predicted octanol–water partition coefficient (Wildman–Crippen LogP) is -1.16. The molecule has 2 amide bonds. The second-order valence-electron chi connectivity index (χ2n) is 5.04. The number of hydrogen-bond acceptors (Lipinski definition) is 8. The minimum absolute atomic E-state index is 0.0251. The van der Waals surface area contributed by atoms with Crippen molar-refractivity contribution in [3.63, 3.8) is 0 Å². The van der Waals surface area contributed by atoms with E-state index < -0.39 is 12.0 Å². The number of nitrogens with zero attached hydrogens (tertiary/aromatic N) is 3. The lowest BCUT2D eigenvalue weighted by Gasteiger charge is -2.48. The topological polar surface area (TPSA) is 154 Å². The van der Waals surface area contributed by atoms with Gasteiger partial charge < -0.3 is 16.2 Å². The lowest BCUT2D eigenvalue weighted by Crippen LogP contribution is -2.68. The van der Waals surface area contributed by atoms with Crippen LogP contribution in [-0.2, 0) is 9.59 Å². The quantitative estimate of drug-likeness (QED) is 0.371. The molecule has 2 atom stereocenters. The molecule has 1 fully saturated rings. The van der Waals surface area contributed by atoms with Crippen molar-refractivity contribution in [1.82, 2.24) is 25.6 Å². The molecule has 5 N–H and O–H groups in total. The molecule has 3 rings (SSSR count). The van der Waals surface area contributed by atoms with Gasteiger partial charge in [0.05, 0.1) is 0 Å². The van der Waals surface area contributed by atoms with Crippen molar-refractivity contribution in [1.29, 1.82) is 0 Å². The number of thioether (sulfide) groups is 2. The summed E-state index contributed by atoms with van der Waals surface area (Å²) in [5.74, 6) is -1.22. The van der Waals surface area contributed by atoms with Crippen LogP contribution < -0.4 is 11.1 Å². The molecule has 0 radical (unpaired) electrons. The van der Waals surface area contributed by atoms with Gasteiger partial charge in [-0.3, -0.25) is 14.5 Å². The average molecular weight is 370 g/mol. The van der Waals surface area contributed by atoms with Crippen molar-refractivity contribution in [2.24, 2.45) is 5.73 Å². The number of nitrogens with one attached hydrogen (secondary N) is 2. The summed E-state index contributed by atoms with van der Waals surface area (Å²) in [4.78, 5) is 36.4. The van der Waals surface area contributed by atoms with Gasteiger partial charge in [-0.25, -0.2) is 4.79 Å². The summed E-state index contributed by atoms with van der Waals surface area (Å²) in [5.41, 5.74) is 6.40. The van der Waals surface area contributed by atoms with Crippen molar-refractivity contribution in [2.45, 2.75) is 16.4 Å². The highest BCUT2D eigenvalue weighted by atomic mass is 32.2. The number of carboxylic acids is 1. The molecule has 24 heavy (non-hydrogen) atoms. The summed E-state index contributed by atoms with van der Waals surface area (Å²) in [6.45, 7) is 0. The van der Waals surface area contributed by atoms with Gasteiger partial charge in [-0.2, -0.15) is 5.21 Å². The van der Waals surface area contributed by atoms with Gasteiger partial charge in [-0.15, -0.1) is 22.0 Å². The molecule has 1 aromatic rings. The average Bonchev–Trinajstić information content (AvgIpc) is 3.05. The number of aromatic amines is 1. The first kappa shape index (κ1) is 16.8. The van der Waals surface area contributed by atoms with Gasteiger partial charge in [0.2, 0.25) is 5.91 Å². The summed E-state index contributed by atoms with van der Waals surface area (Å²) < 4.78 is 0. The Labute approximate surface area is 144 Å². The highest BCUT2D eigenvalue weighted by Crippen LogP contribution is 2.40. The number of aromatic nitrogens is 3. The van der Waals surface area contributed by atoms with Crippen LogP contribution in [0.3, 0.4) is 0 Å². The Bertz CT molecular complexity index is 748. The fourth-order valence-electron chi connectivity index (χ4n) is 2.43. The molecule has 12 heteroatoms. The highest BCUT2D eigenvalue weighted by molar-refractivity contribution is 8.01. The van der Waals surface area contributed by atoms with Gasteiger partial charge in [0, 0.05) is 18.6 Å². The van der Waals surface area contributed by atoms with Gasteiger partial charge in [-0.05, 0) is 5.57 Å². The SMILES string of the molecule is CNC(=O)c1n[nH]nc1SCC1=C(C(=O)O)N2C(=O)C(N)[C@@H]2SC1. The Hall–Kier alpha value is -2.05. The number of fused-ring (bicyclic) bond motifs is 1. The zero-order valence-corrected chi connectivity index (χ0v) is 14.1. The van der Waals surface area contributed by atoms with Crippen LogP contribution in [0.25, 0.3) is 0 Å². The Morgan fingerprint density at radius 1 is 1.54 bits per heavy atom. The Morgan fingerprint density at radius 3 is 2.96 bits per heavy atom. The van der Waals surface area contributed by atoms with E-state index in [1.165, 1.54) is 35.5 Å². The molecule has 2 aliphatic rings. The molecule has 0 aromatic carbocycles. The molecule has 10 nitrogen and oxygen atoms in total. The number of aliphatic carboxylic acids is 1. The molecular weight excluding hydrogens is 356 g/mol. The van der Waals surface area contributed by atoms with Crippen molar-refractivity contribution in [3.05, 3.63) is 17.0 Å². The first-order valence-electron chi connectivity index (χ1n) is 6.87. The van der Waals surface area contributed by atoms with Gasteiger partial charge in [-0.1, -0.05) is 11.8 Å². The minimum atomic E-state index is -1.16. The van der Waals surface area contributed by atoms with Crippen LogP contribution >= 0.6 is 23.5 Å². The monoisotopic (exact) mass is 370 g/mol. The molecule has 2 aliphatic heterocycles. The summed E-state index contributed by atoms with van der Waals surface area (Å²) in [7, 11) is 1.48. The lowest BCUT2D eigenvalue weighted by atomic mass is 10.0. The molecule has 0 bridgehead atoms. The third kappa shape index (κ3) is 2.65. The number of amides is 2. The van der Waals surface area contributed by atoms with E-state index in [1.807, 2.05) is 0 Å². The van der Waals surface area contributed by atoms with Gasteiger partial charge in [0.1, 0.15) is 17.1 Å². The van der Waals surface area contributed by atoms with E-state index >= 15 is 0 Å². The number of H-pyrrole nitrogens is 1. The Balaban J connectivity index is 1.81. The molecule has 0 spiro atoms. The maximum absolute atomic E-state index is 11.9. The molecule has 3 heterocycles. The van der Waals surface area contributed by atoms with Crippen molar-refractivity contribution in [3.8, 4) is 0 Å². The molecule has 1 unspecified atom stereocenters. The largest absolute Gasteiger partial charge is 0.477 e. The number of carbonyl (C=O) groups is 3. The van der Waals surface area contributed by atoms with E-state index in [0.29, 0.717) is 16.4 Å². The minimum Gasteiger partial charge on any atom is -0.477 e. The van der Waals surface area contributed by atoms with Gasteiger partial charge >= 0.3 is 5.97 Å². The van der Waals surface area contributed by atoms with E-state index in [-0.39, 0.29) is 34.3 Å². The number of β-lactam (4-membered cyclic amide) rings is 1.